The second-order valence-corrected chi connectivity index (χ2v) is 6.25. The standard InChI is InChI=1S/C20H22O5/c1-21-17-9-13-7-5-4-6-12-8-15-16(25-11-24-15)10-14(12)18(13)20(23-3)19(17)22-2/h8-10H,4-7,11H2,1-3H3. The van der Waals surface area contributed by atoms with Crippen LogP contribution < -0.4 is 23.7 Å². The van der Waals surface area contributed by atoms with Crippen LogP contribution in [0.1, 0.15) is 24.0 Å². The Morgan fingerprint density at radius 1 is 0.760 bits per heavy atom. The first-order valence-corrected chi connectivity index (χ1v) is 8.51. The summed E-state index contributed by atoms with van der Waals surface area (Å²) in [5.74, 6) is 3.62. The van der Waals surface area contributed by atoms with Gasteiger partial charge in [-0.3, -0.25) is 0 Å². The van der Waals surface area contributed by atoms with Gasteiger partial charge < -0.3 is 23.7 Å². The molecule has 1 aliphatic heterocycles. The minimum atomic E-state index is 0.272. The van der Waals surface area contributed by atoms with Crippen molar-refractivity contribution in [1.29, 1.82) is 0 Å². The molecule has 4 rings (SSSR count). The van der Waals surface area contributed by atoms with E-state index in [0.29, 0.717) is 17.2 Å². The van der Waals surface area contributed by atoms with E-state index in [-0.39, 0.29) is 6.79 Å². The fraction of sp³-hybridized carbons (Fsp3) is 0.400. The van der Waals surface area contributed by atoms with E-state index in [1.807, 2.05) is 0 Å². The highest BCUT2D eigenvalue weighted by Crippen LogP contribution is 2.50. The van der Waals surface area contributed by atoms with Crippen LogP contribution in [0.15, 0.2) is 18.2 Å². The first-order valence-electron chi connectivity index (χ1n) is 8.51. The van der Waals surface area contributed by atoms with Gasteiger partial charge in [-0.25, -0.2) is 0 Å². The van der Waals surface area contributed by atoms with Crippen molar-refractivity contribution in [2.75, 3.05) is 28.1 Å². The van der Waals surface area contributed by atoms with Crippen molar-refractivity contribution in [3.63, 3.8) is 0 Å². The summed E-state index contributed by atoms with van der Waals surface area (Å²) in [5.41, 5.74) is 4.63. The van der Waals surface area contributed by atoms with E-state index in [2.05, 4.69) is 18.2 Å². The Morgan fingerprint density at radius 3 is 2.12 bits per heavy atom. The highest BCUT2D eigenvalue weighted by atomic mass is 16.7. The topological polar surface area (TPSA) is 46.2 Å². The second kappa shape index (κ2) is 6.39. The molecule has 1 aliphatic carbocycles. The lowest BCUT2D eigenvalue weighted by atomic mass is 9.86. The molecule has 0 bridgehead atoms. The van der Waals surface area contributed by atoms with Crippen LogP contribution in [0.3, 0.4) is 0 Å². The molecule has 1 heterocycles. The van der Waals surface area contributed by atoms with Crippen molar-refractivity contribution < 1.29 is 23.7 Å². The maximum atomic E-state index is 5.77. The molecule has 0 fully saturated rings. The van der Waals surface area contributed by atoms with E-state index < -0.39 is 0 Å². The summed E-state index contributed by atoms with van der Waals surface area (Å²) in [4.78, 5) is 0. The Balaban J connectivity index is 2.02. The number of fused-ring (bicyclic) bond motifs is 4. The third-order valence-corrected chi connectivity index (χ3v) is 4.92. The molecule has 2 aliphatic rings. The SMILES string of the molecule is COc1cc2c(c(OC)c1OC)-c1cc3c(cc1CCCC2)OCO3. The summed E-state index contributed by atoms with van der Waals surface area (Å²) in [7, 11) is 4.96. The van der Waals surface area contributed by atoms with Crippen molar-refractivity contribution in [2.24, 2.45) is 0 Å². The Morgan fingerprint density at radius 2 is 1.44 bits per heavy atom. The number of ether oxygens (including phenoxy) is 5. The van der Waals surface area contributed by atoms with Crippen LogP contribution in [0.4, 0.5) is 0 Å². The largest absolute Gasteiger partial charge is 0.493 e. The van der Waals surface area contributed by atoms with E-state index in [4.69, 9.17) is 23.7 Å². The van der Waals surface area contributed by atoms with Crippen LogP contribution in [-0.4, -0.2) is 28.1 Å². The van der Waals surface area contributed by atoms with Crippen LogP contribution in [0.5, 0.6) is 28.7 Å². The normalized spacial score (nSPS) is 14.8. The molecule has 0 N–H and O–H groups in total. The number of rotatable bonds is 3. The maximum Gasteiger partial charge on any atom is 0.231 e. The van der Waals surface area contributed by atoms with Crippen LogP contribution in [0, 0.1) is 0 Å². The number of aryl methyl sites for hydroxylation is 2. The van der Waals surface area contributed by atoms with E-state index in [0.717, 1.165) is 48.3 Å². The lowest BCUT2D eigenvalue weighted by Crippen LogP contribution is -2.05. The van der Waals surface area contributed by atoms with Crippen molar-refractivity contribution in [3.8, 4) is 39.9 Å². The minimum absolute atomic E-state index is 0.272. The summed E-state index contributed by atoms with van der Waals surface area (Å²) in [6.07, 6.45) is 4.21. The van der Waals surface area contributed by atoms with Gasteiger partial charge in [-0.05, 0) is 60.6 Å². The zero-order valence-electron chi connectivity index (χ0n) is 14.8. The molecule has 0 saturated carbocycles. The molecule has 0 spiro atoms. The first-order chi connectivity index (χ1) is 12.3. The number of hydrogen-bond donors (Lipinski definition) is 0. The molecule has 2 aromatic rings. The zero-order chi connectivity index (χ0) is 17.4. The molecular weight excluding hydrogens is 320 g/mol. The van der Waals surface area contributed by atoms with Crippen LogP contribution in [-0.2, 0) is 12.8 Å². The van der Waals surface area contributed by atoms with E-state index in [1.165, 1.54) is 11.1 Å². The molecule has 0 aromatic heterocycles. The van der Waals surface area contributed by atoms with Gasteiger partial charge in [-0.2, -0.15) is 0 Å². The van der Waals surface area contributed by atoms with E-state index in [9.17, 15) is 0 Å². The van der Waals surface area contributed by atoms with Crippen molar-refractivity contribution in [2.45, 2.75) is 25.7 Å². The van der Waals surface area contributed by atoms with Gasteiger partial charge >= 0.3 is 0 Å². The Kier molecular flexibility index (Phi) is 4.07. The molecule has 0 amide bonds. The van der Waals surface area contributed by atoms with Crippen LogP contribution in [0.2, 0.25) is 0 Å². The molecule has 5 nitrogen and oxygen atoms in total. The van der Waals surface area contributed by atoms with E-state index >= 15 is 0 Å². The van der Waals surface area contributed by atoms with Gasteiger partial charge in [0.2, 0.25) is 12.5 Å². The maximum absolute atomic E-state index is 5.77. The van der Waals surface area contributed by atoms with Gasteiger partial charge in [-0.1, -0.05) is 0 Å². The fourth-order valence-electron chi connectivity index (χ4n) is 3.75. The Labute approximate surface area is 147 Å². The van der Waals surface area contributed by atoms with Crippen molar-refractivity contribution in [1.82, 2.24) is 0 Å². The predicted octanol–water partition coefficient (Wildman–Crippen LogP) is 3.99. The molecule has 0 unspecified atom stereocenters. The molecule has 0 atom stereocenters. The monoisotopic (exact) mass is 342 g/mol. The molecule has 0 radical (unpaired) electrons. The zero-order valence-corrected chi connectivity index (χ0v) is 14.8. The van der Waals surface area contributed by atoms with Gasteiger partial charge in [-0.15, -0.1) is 0 Å². The average Bonchev–Trinajstić information content (AvgIpc) is 3.08. The second-order valence-electron chi connectivity index (χ2n) is 6.25. The smallest absolute Gasteiger partial charge is 0.231 e. The lowest BCUT2D eigenvalue weighted by Gasteiger charge is -2.23. The van der Waals surface area contributed by atoms with Gasteiger partial charge in [0.15, 0.2) is 23.0 Å². The predicted molar refractivity (Wildman–Crippen MR) is 94.3 cm³/mol. The summed E-state index contributed by atoms with van der Waals surface area (Å²) in [5, 5.41) is 0. The summed E-state index contributed by atoms with van der Waals surface area (Å²) >= 11 is 0. The number of hydrogen-bond acceptors (Lipinski definition) is 5. The Bertz CT molecular complexity index is 812. The Hall–Kier alpha value is -2.56. The molecule has 25 heavy (non-hydrogen) atoms. The summed E-state index contributed by atoms with van der Waals surface area (Å²) in [6.45, 7) is 0.272. The lowest BCUT2D eigenvalue weighted by molar-refractivity contribution is 0.174. The van der Waals surface area contributed by atoms with Gasteiger partial charge in [0, 0.05) is 5.56 Å². The quantitative estimate of drug-likeness (QED) is 0.844. The highest BCUT2D eigenvalue weighted by Gasteiger charge is 2.27. The molecule has 0 saturated heterocycles. The molecule has 132 valence electrons. The fourth-order valence-corrected chi connectivity index (χ4v) is 3.75. The van der Waals surface area contributed by atoms with Crippen LogP contribution >= 0.6 is 0 Å². The van der Waals surface area contributed by atoms with Gasteiger partial charge in [0.05, 0.1) is 21.3 Å². The average molecular weight is 342 g/mol. The third kappa shape index (κ3) is 2.54. The third-order valence-electron chi connectivity index (χ3n) is 4.92. The first kappa shape index (κ1) is 15.9. The van der Waals surface area contributed by atoms with Crippen molar-refractivity contribution in [3.05, 3.63) is 29.3 Å². The van der Waals surface area contributed by atoms with Gasteiger partial charge in [0.25, 0.3) is 0 Å². The highest BCUT2D eigenvalue weighted by molar-refractivity contribution is 5.83. The van der Waals surface area contributed by atoms with Crippen LogP contribution in [0.25, 0.3) is 11.1 Å². The summed E-state index contributed by atoms with van der Waals surface area (Å²) in [6, 6.07) is 6.23. The molecule has 5 heteroatoms. The number of methoxy groups -OCH3 is 3. The minimum Gasteiger partial charge on any atom is -0.493 e. The van der Waals surface area contributed by atoms with E-state index in [1.54, 1.807) is 21.3 Å². The van der Waals surface area contributed by atoms with Crippen molar-refractivity contribution >= 4 is 0 Å². The number of benzene rings is 2. The summed E-state index contributed by atoms with van der Waals surface area (Å²) < 4.78 is 28.1. The molecular formula is C20H22O5. The molecule has 2 aromatic carbocycles. The van der Waals surface area contributed by atoms with Gasteiger partial charge in [0.1, 0.15) is 0 Å².